The molecule has 0 amide bonds. The predicted molar refractivity (Wildman–Crippen MR) is 59.8 cm³/mol. The van der Waals surface area contributed by atoms with Crippen molar-refractivity contribution in [2.45, 2.75) is 6.42 Å². The van der Waals surface area contributed by atoms with Crippen molar-refractivity contribution in [3.05, 3.63) is 22.9 Å². The second kappa shape index (κ2) is 4.57. The number of aromatic nitrogens is 3. The number of anilines is 1. The summed E-state index contributed by atoms with van der Waals surface area (Å²) in [5.74, 6) is 0.717. The molecule has 0 aliphatic rings. The normalized spacial score (nSPS) is 10.8. The Morgan fingerprint density at radius 2 is 2.33 bits per heavy atom. The van der Waals surface area contributed by atoms with Gasteiger partial charge in [-0.25, -0.2) is 9.50 Å². The Morgan fingerprint density at radius 3 is 3.13 bits per heavy atom. The number of fused-ring (bicyclic) bond motifs is 1. The molecule has 0 spiro atoms. The Balaban J connectivity index is 2.18. The van der Waals surface area contributed by atoms with E-state index in [1.54, 1.807) is 10.7 Å². The van der Waals surface area contributed by atoms with Gasteiger partial charge < -0.3 is 5.32 Å². The quantitative estimate of drug-likeness (QED) is 0.869. The summed E-state index contributed by atoms with van der Waals surface area (Å²) in [5, 5.41) is 7.31. The average molecular weight is 273 g/mol. The SMILES string of the molecule is FCCCNc1ccc2ncc(Br)n2n1. The molecule has 80 valence electrons. The molecule has 0 unspecified atom stereocenters. The van der Waals surface area contributed by atoms with Crippen molar-refractivity contribution in [2.75, 3.05) is 18.5 Å². The van der Waals surface area contributed by atoms with Crippen molar-refractivity contribution in [1.29, 1.82) is 0 Å². The largest absolute Gasteiger partial charge is 0.369 e. The molecule has 0 aliphatic carbocycles. The van der Waals surface area contributed by atoms with E-state index >= 15 is 0 Å². The number of alkyl halides is 1. The lowest BCUT2D eigenvalue weighted by atomic mass is 10.4. The summed E-state index contributed by atoms with van der Waals surface area (Å²) < 4.78 is 14.4. The van der Waals surface area contributed by atoms with Crippen molar-refractivity contribution in [2.24, 2.45) is 0 Å². The van der Waals surface area contributed by atoms with Crippen LogP contribution in [0.4, 0.5) is 10.2 Å². The first kappa shape index (κ1) is 10.4. The summed E-state index contributed by atoms with van der Waals surface area (Å²) in [7, 11) is 0. The number of nitrogens with zero attached hydrogens (tertiary/aromatic N) is 3. The van der Waals surface area contributed by atoms with Gasteiger partial charge in [0.05, 0.1) is 12.9 Å². The van der Waals surface area contributed by atoms with Crippen LogP contribution in [0.3, 0.4) is 0 Å². The van der Waals surface area contributed by atoms with Gasteiger partial charge >= 0.3 is 0 Å². The lowest BCUT2D eigenvalue weighted by molar-refractivity contribution is 0.481. The average Bonchev–Trinajstić information content (AvgIpc) is 2.61. The molecule has 6 heteroatoms. The summed E-state index contributed by atoms with van der Waals surface area (Å²) in [6.07, 6.45) is 2.18. The number of hydrogen-bond donors (Lipinski definition) is 1. The van der Waals surface area contributed by atoms with Crippen molar-refractivity contribution in [3.8, 4) is 0 Å². The van der Waals surface area contributed by atoms with Crippen molar-refractivity contribution >= 4 is 27.4 Å². The highest BCUT2D eigenvalue weighted by Gasteiger charge is 2.02. The predicted octanol–water partition coefficient (Wildman–Crippen LogP) is 2.26. The molecule has 2 heterocycles. The van der Waals surface area contributed by atoms with Gasteiger partial charge in [-0.05, 0) is 34.5 Å². The molecule has 2 aromatic heterocycles. The van der Waals surface area contributed by atoms with E-state index in [0.29, 0.717) is 13.0 Å². The third kappa shape index (κ3) is 2.26. The van der Waals surface area contributed by atoms with Gasteiger partial charge in [0.2, 0.25) is 0 Å². The van der Waals surface area contributed by atoms with Crippen LogP contribution in [-0.2, 0) is 0 Å². The summed E-state index contributed by atoms with van der Waals surface area (Å²) in [5.41, 5.74) is 0.776. The third-order valence-corrected chi connectivity index (χ3v) is 2.48. The van der Waals surface area contributed by atoms with E-state index in [2.05, 4.69) is 31.3 Å². The molecule has 2 aromatic rings. The Hall–Kier alpha value is -1.17. The molecule has 1 N–H and O–H groups in total. The van der Waals surface area contributed by atoms with Gasteiger partial charge in [0, 0.05) is 6.54 Å². The first-order valence-electron chi connectivity index (χ1n) is 4.61. The standard InChI is InChI=1S/C9H10BrFN4/c10-7-6-13-9-3-2-8(14-15(7)9)12-5-1-4-11/h2-3,6H,1,4-5H2,(H,12,14). The molecule has 0 saturated carbocycles. The maximum absolute atomic E-state index is 11.9. The van der Waals surface area contributed by atoms with Crippen LogP contribution in [0.25, 0.3) is 5.65 Å². The minimum absolute atomic E-state index is 0.315. The number of imidazole rings is 1. The van der Waals surface area contributed by atoms with Crippen LogP contribution in [0.5, 0.6) is 0 Å². The van der Waals surface area contributed by atoms with Gasteiger partial charge in [-0.1, -0.05) is 0 Å². The van der Waals surface area contributed by atoms with Crippen LogP contribution in [-0.4, -0.2) is 27.8 Å². The number of hydrogen-bond acceptors (Lipinski definition) is 3. The Morgan fingerprint density at radius 1 is 1.47 bits per heavy atom. The van der Waals surface area contributed by atoms with Gasteiger partial charge in [0.25, 0.3) is 0 Å². The molecule has 15 heavy (non-hydrogen) atoms. The summed E-state index contributed by atoms with van der Waals surface area (Å²) in [6, 6.07) is 3.68. The van der Waals surface area contributed by atoms with Crippen LogP contribution in [0.1, 0.15) is 6.42 Å². The second-order valence-corrected chi connectivity index (χ2v) is 3.85. The van der Waals surface area contributed by atoms with E-state index in [1.165, 1.54) is 0 Å². The highest BCUT2D eigenvalue weighted by molar-refractivity contribution is 9.10. The Bertz CT molecular complexity index is 456. The molecule has 0 fully saturated rings. The summed E-state index contributed by atoms with van der Waals surface area (Å²) in [4.78, 5) is 4.12. The molecule has 4 nitrogen and oxygen atoms in total. The van der Waals surface area contributed by atoms with Crippen LogP contribution in [0, 0.1) is 0 Å². The third-order valence-electron chi connectivity index (χ3n) is 1.94. The molecule has 2 rings (SSSR count). The van der Waals surface area contributed by atoms with E-state index in [0.717, 1.165) is 16.1 Å². The molecular weight excluding hydrogens is 263 g/mol. The first-order chi connectivity index (χ1) is 7.31. The Kier molecular flexibility index (Phi) is 3.15. The number of halogens is 2. The smallest absolute Gasteiger partial charge is 0.154 e. The van der Waals surface area contributed by atoms with Crippen molar-refractivity contribution in [3.63, 3.8) is 0 Å². The number of nitrogens with one attached hydrogen (secondary N) is 1. The fourth-order valence-corrected chi connectivity index (χ4v) is 1.59. The van der Waals surface area contributed by atoms with Crippen molar-refractivity contribution in [1.82, 2.24) is 14.6 Å². The van der Waals surface area contributed by atoms with Crippen molar-refractivity contribution < 1.29 is 4.39 Å². The van der Waals surface area contributed by atoms with Gasteiger partial charge in [-0.15, -0.1) is 5.10 Å². The zero-order chi connectivity index (χ0) is 10.7. The minimum atomic E-state index is -0.315. The first-order valence-corrected chi connectivity index (χ1v) is 5.40. The zero-order valence-corrected chi connectivity index (χ0v) is 9.54. The maximum Gasteiger partial charge on any atom is 0.154 e. The molecule has 0 bridgehead atoms. The summed E-state index contributed by atoms with van der Waals surface area (Å²) in [6.45, 7) is 0.269. The Labute approximate surface area is 94.6 Å². The van der Waals surface area contributed by atoms with Crippen LogP contribution in [0.2, 0.25) is 0 Å². The fourth-order valence-electron chi connectivity index (χ4n) is 1.22. The van der Waals surface area contributed by atoms with E-state index in [-0.39, 0.29) is 6.67 Å². The van der Waals surface area contributed by atoms with Crippen LogP contribution in [0.15, 0.2) is 22.9 Å². The van der Waals surface area contributed by atoms with Crippen LogP contribution < -0.4 is 5.32 Å². The zero-order valence-electron chi connectivity index (χ0n) is 7.95. The van der Waals surface area contributed by atoms with Gasteiger partial charge in [0.1, 0.15) is 10.4 Å². The molecule has 0 aromatic carbocycles. The van der Waals surface area contributed by atoms with E-state index in [4.69, 9.17) is 0 Å². The van der Waals surface area contributed by atoms with Gasteiger partial charge in [-0.2, -0.15) is 0 Å². The molecule has 0 saturated heterocycles. The fraction of sp³-hybridized carbons (Fsp3) is 0.333. The number of rotatable bonds is 4. The maximum atomic E-state index is 11.9. The molecular formula is C9H10BrFN4. The second-order valence-electron chi connectivity index (χ2n) is 3.04. The lowest BCUT2D eigenvalue weighted by Gasteiger charge is -2.04. The topological polar surface area (TPSA) is 42.2 Å². The summed E-state index contributed by atoms with van der Waals surface area (Å²) >= 11 is 3.33. The van der Waals surface area contributed by atoms with Gasteiger partial charge in [0.15, 0.2) is 5.65 Å². The highest BCUT2D eigenvalue weighted by Crippen LogP contribution is 2.13. The minimum Gasteiger partial charge on any atom is -0.369 e. The molecule has 0 aliphatic heterocycles. The van der Waals surface area contributed by atoms with E-state index in [1.807, 2.05) is 12.1 Å². The van der Waals surface area contributed by atoms with Gasteiger partial charge in [-0.3, -0.25) is 4.39 Å². The van der Waals surface area contributed by atoms with E-state index < -0.39 is 0 Å². The highest BCUT2D eigenvalue weighted by atomic mass is 79.9. The molecule has 0 atom stereocenters. The molecule has 0 radical (unpaired) electrons. The van der Waals surface area contributed by atoms with E-state index in [9.17, 15) is 4.39 Å². The lowest BCUT2D eigenvalue weighted by Crippen LogP contribution is -2.06. The van der Waals surface area contributed by atoms with Crippen LogP contribution >= 0.6 is 15.9 Å². The monoisotopic (exact) mass is 272 g/mol.